The van der Waals surface area contributed by atoms with Gasteiger partial charge in [-0.25, -0.2) is 4.39 Å². The van der Waals surface area contributed by atoms with E-state index >= 15 is 0 Å². The van der Waals surface area contributed by atoms with Gasteiger partial charge in [-0.15, -0.1) is 0 Å². The molecule has 1 aliphatic carbocycles. The van der Waals surface area contributed by atoms with Crippen LogP contribution in [0.25, 0.3) is 0 Å². The number of hydrogen-bond donors (Lipinski definition) is 1. The van der Waals surface area contributed by atoms with E-state index in [1.165, 1.54) is 38.7 Å². The fraction of sp³-hybridized carbons (Fsp3) is 0.500. The molecule has 1 aromatic carbocycles. The van der Waals surface area contributed by atoms with Gasteiger partial charge >= 0.3 is 0 Å². The first-order chi connectivity index (χ1) is 8.50. The predicted molar refractivity (Wildman–Crippen MR) is 72.2 cm³/mol. The molecule has 1 fully saturated rings. The molecule has 0 aliphatic heterocycles. The smallest absolute Gasteiger partial charge is 0.158 e. The fourth-order valence-corrected chi connectivity index (χ4v) is 2.06. The van der Waals surface area contributed by atoms with Gasteiger partial charge < -0.3 is 5.11 Å². The maximum atomic E-state index is 14.2. The maximum absolute atomic E-state index is 14.2. The summed E-state index contributed by atoms with van der Waals surface area (Å²) in [7, 11) is 0. The Bertz CT molecular complexity index is 423. The lowest BCUT2D eigenvalue weighted by Gasteiger charge is -2.24. The molecule has 2 heteroatoms. The summed E-state index contributed by atoms with van der Waals surface area (Å²) in [5, 5.41) is 9.43. The van der Waals surface area contributed by atoms with Crippen LogP contribution in [0.3, 0.4) is 0 Å². The predicted octanol–water partition coefficient (Wildman–Crippen LogP) is 3.90. The summed E-state index contributed by atoms with van der Waals surface area (Å²) in [5.74, 6) is 0. The first kappa shape index (κ1) is 13.3. The Morgan fingerprint density at radius 2 is 1.94 bits per heavy atom. The first-order valence-corrected chi connectivity index (χ1v) is 6.64. The molecule has 1 nitrogen and oxygen atoms in total. The van der Waals surface area contributed by atoms with E-state index in [1.54, 1.807) is 17.7 Å². The van der Waals surface area contributed by atoms with Gasteiger partial charge in [0, 0.05) is 0 Å². The number of aliphatic hydroxyl groups is 1. The highest BCUT2D eigenvalue weighted by molar-refractivity contribution is 5.29. The van der Waals surface area contributed by atoms with Crippen molar-refractivity contribution >= 4 is 0 Å². The monoisotopic (exact) mass is 248 g/mol. The molecule has 0 heterocycles. The van der Waals surface area contributed by atoms with E-state index in [4.69, 9.17) is 0 Å². The molecule has 1 aliphatic rings. The van der Waals surface area contributed by atoms with Crippen molar-refractivity contribution in [1.82, 2.24) is 0 Å². The summed E-state index contributed by atoms with van der Waals surface area (Å²) < 4.78 is 14.2. The van der Waals surface area contributed by atoms with Crippen LogP contribution in [0, 0.1) is 0 Å². The third-order valence-corrected chi connectivity index (χ3v) is 3.93. The fourth-order valence-electron chi connectivity index (χ4n) is 2.06. The van der Waals surface area contributed by atoms with Crippen LogP contribution in [-0.4, -0.2) is 11.2 Å². The van der Waals surface area contributed by atoms with Crippen LogP contribution in [0.1, 0.15) is 44.2 Å². The summed E-state index contributed by atoms with van der Waals surface area (Å²) in [6, 6.07) is 7.46. The zero-order valence-corrected chi connectivity index (χ0v) is 11.1. The van der Waals surface area contributed by atoms with Gasteiger partial charge in [-0.1, -0.05) is 35.9 Å². The topological polar surface area (TPSA) is 20.2 Å². The molecule has 0 radical (unpaired) electrons. The molecule has 18 heavy (non-hydrogen) atoms. The molecule has 1 N–H and O–H groups in total. The van der Waals surface area contributed by atoms with Crippen LogP contribution in [0.2, 0.25) is 0 Å². The Labute approximate surface area is 108 Å². The molecular formula is C16H21FO. The largest absolute Gasteiger partial charge is 0.390 e. The number of benzene rings is 1. The summed E-state index contributed by atoms with van der Waals surface area (Å²) >= 11 is 0. The molecule has 2 rings (SSSR count). The molecule has 0 saturated heterocycles. The second-order valence-electron chi connectivity index (χ2n) is 5.37. The first-order valence-electron chi connectivity index (χ1n) is 6.64. The lowest BCUT2D eigenvalue weighted by Crippen LogP contribution is -2.29. The van der Waals surface area contributed by atoms with Crippen LogP contribution in [-0.2, 0) is 12.1 Å². The quantitative estimate of drug-likeness (QED) is 0.801. The maximum Gasteiger partial charge on any atom is 0.158 e. The second-order valence-corrected chi connectivity index (χ2v) is 5.37. The number of rotatable bonds is 4. The van der Waals surface area contributed by atoms with Gasteiger partial charge in [-0.2, -0.15) is 0 Å². The number of alkyl halides is 1. The Hall–Kier alpha value is -1.15. The van der Waals surface area contributed by atoms with Gasteiger partial charge in [-0.05, 0) is 50.7 Å². The van der Waals surface area contributed by atoms with Gasteiger partial charge in [0.1, 0.15) is 0 Å². The molecule has 0 aromatic heterocycles. The standard InChI is InChI=1S/C16H21FO/c1-12(18)16(2,17)15-10-8-14(9-11-15)7-6-13-4-3-5-13/h6,8-12,18H,3-5,7H2,1-2H3. The summed E-state index contributed by atoms with van der Waals surface area (Å²) in [6.07, 6.45) is 6.00. The minimum Gasteiger partial charge on any atom is -0.390 e. The average Bonchev–Trinajstić information content (AvgIpc) is 2.27. The zero-order valence-electron chi connectivity index (χ0n) is 11.1. The van der Waals surface area contributed by atoms with Crippen molar-refractivity contribution in [3.05, 3.63) is 47.0 Å². The number of halogens is 1. The Kier molecular flexibility index (Phi) is 3.86. The second kappa shape index (κ2) is 5.23. The van der Waals surface area contributed by atoms with Gasteiger partial charge in [0.2, 0.25) is 0 Å². The number of allylic oxidation sites excluding steroid dienone is 2. The molecule has 1 aromatic rings. The lowest BCUT2D eigenvalue weighted by atomic mass is 9.90. The van der Waals surface area contributed by atoms with E-state index in [0.717, 1.165) is 6.42 Å². The SMILES string of the molecule is CC(O)C(C)(F)c1ccc(CC=C2CCC2)cc1. The van der Waals surface area contributed by atoms with Crippen molar-refractivity contribution < 1.29 is 9.50 Å². The van der Waals surface area contributed by atoms with Gasteiger partial charge in [0.05, 0.1) is 6.10 Å². The summed E-state index contributed by atoms with van der Waals surface area (Å²) in [6.45, 7) is 2.90. The van der Waals surface area contributed by atoms with E-state index in [-0.39, 0.29) is 0 Å². The van der Waals surface area contributed by atoms with Crippen molar-refractivity contribution in [3.63, 3.8) is 0 Å². The van der Waals surface area contributed by atoms with Gasteiger partial charge in [0.25, 0.3) is 0 Å². The van der Waals surface area contributed by atoms with Crippen molar-refractivity contribution in [3.8, 4) is 0 Å². The van der Waals surface area contributed by atoms with Crippen molar-refractivity contribution in [2.75, 3.05) is 0 Å². The van der Waals surface area contributed by atoms with E-state index in [1.807, 2.05) is 12.1 Å². The molecular weight excluding hydrogens is 227 g/mol. The molecule has 0 amide bonds. The Morgan fingerprint density at radius 3 is 2.39 bits per heavy atom. The van der Waals surface area contributed by atoms with Crippen molar-refractivity contribution in [1.29, 1.82) is 0 Å². The summed E-state index contributed by atoms with van der Waals surface area (Å²) in [5.41, 5.74) is 1.60. The Balaban J connectivity index is 2.05. The molecule has 2 unspecified atom stereocenters. The lowest BCUT2D eigenvalue weighted by molar-refractivity contribution is 0.0135. The van der Waals surface area contributed by atoms with E-state index in [9.17, 15) is 9.50 Å². The molecule has 2 atom stereocenters. The van der Waals surface area contributed by atoms with Crippen molar-refractivity contribution in [2.45, 2.75) is 51.3 Å². The number of hydrogen-bond acceptors (Lipinski definition) is 1. The van der Waals surface area contributed by atoms with Gasteiger partial charge in [-0.3, -0.25) is 0 Å². The van der Waals surface area contributed by atoms with E-state index < -0.39 is 11.8 Å². The van der Waals surface area contributed by atoms with Crippen molar-refractivity contribution in [2.24, 2.45) is 0 Å². The van der Waals surface area contributed by atoms with E-state index in [0.29, 0.717) is 5.56 Å². The minimum atomic E-state index is -1.68. The molecule has 1 saturated carbocycles. The molecule has 98 valence electrons. The normalized spacial score (nSPS) is 19.9. The highest BCUT2D eigenvalue weighted by Crippen LogP contribution is 2.30. The Morgan fingerprint density at radius 1 is 1.33 bits per heavy atom. The highest BCUT2D eigenvalue weighted by atomic mass is 19.1. The van der Waals surface area contributed by atoms with Crippen LogP contribution >= 0.6 is 0 Å². The van der Waals surface area contributed by atoms with Crippen LogP contribution < -0.4 is 0 Å². The highest BCUT2D eigenvalue weighted by Gasteiger charge is 2.31. The molecule has 0 bridgehead atoms. The van der Waals surface area contributed by atoms with Crippen LogP contribution in [0.5, 0.6) is 0 Å². The average molecular weight is 248 g/mol. The molecule has 0 spiro atoms. The minimum absolute atomic E-state index is 0.539. The number of aliphatic hydroxyl groups excluding tert-OH is 1. The zero-order chi connectivity index (χ0) is 13.2. The van der Waals surface area contributed by atoms with Gasteiger partial charge in [0.15, 0.2) is 5.67 Å². The van der Waals surface area contributed by atoms with Crippen LogP contribution in [0.4, 0.5) is 4.39 Å². The third-order valence-electron chi connectivity index (χ3n) is 3.93. The van der Waals surface area contributed by atoms with E-state index in [2.05, 4.69) is 6.08 Å². The summed E-state index contributed by atoms with van der Waals surface area (Å²) in [4.78, 5) is 0. The van der Waals surface area contributed by atoms with Crippen LogP contribution in [0.15, 0.2) is 35.9 Å². The third kappa shape index (κ3) is 2.81.